The highest BCUT2D eigenvalue weighted by Crippen LogP contribution is 2.20. The number of hydrogen-bond donors (Lipinski definition) is 1. The minimum Gasteiger partial charge on any atom is -0.481 e. The Kier molecular flexibility index (Phi) is 4.02. The molecule has 1 aliphatic heterocycles. The highest BCUT2D eigenvalue weighted by Gasteiger charge is 2.35. The molecule has 7 nitrogen and oxygen atoms in total. The topological polar surface area (TPSA) is 95.0 Å². The van der Waals surface area contributed by atoms with Crippen molar-refractivity contribution in [2.45, 2.75) is 4.90 Å². The van der Waals surface area contributed by atoms with E-state index in [0.29, 0.717) is 5.56 Å². The number of nitrogens with zero attached hydrogens (tertiary/aromatic N) is 2. The molecule has 0 bridgehead atoms. The summed E-state index contributed by atoms with van der Waals surface area (Å²) >= 11 is 0. The number of rotatable bonds is 4. The number of benzene rings is 1. The molecule has 0 saturated carbocycles. The first-order valence-corrected chi connectivity index (χ1v) is 7.72. The first-order valence-electron chi connectivity index (χ1n) is 6.28. The third-order valence-corrected chi connectivity index (χ3v) is 5.23. The van der Waals surface area contributed by atoms with Gasteiger partial charge in [0.1, 0.15) is 0 Å². The van der Waals surface area contributed by atoms with Crippen molar-refractivity contribution in [3.8, 4) is 0 Å². The van der Waals surface area contributed by atoms with E-state index in [0.717, 1.165) is 4.31 Å². The molecule has 1 N–H and O–H groups in total. The van der Waals surface area contributed by atoms with E-state index < -0.39 is 21.9 Å². The lowest BCUT2D eigenvalue weighted by atomic mass is 9.99. The second kappa shape index (κ2) is 5.45. The van der Waals surface area contributed by atoms with Crippen LogP contribution in [-0.4, -0.2) is 61.8 Å². The molecule has 0 atom stereocenters. The average Bonchev–Trinajstić information content (AvgIpc) is 2.36. The molecular formula is C13H16N2O5S. The number of aliphatic carboxylic acids is 1. The maximum atomic E-state index is 12.1. The lowest BCUT2D eigenvalue weighted by Crippen LogP contribution is -2.53. The van der Waals surface area contributed by atoms with Crippen LogP contribution in [-0.2, 0) is 14.8 Å². The van der Waals surface area contributed by atoms with Crippen LogP contribution in [0.15, 0.2) is 29.2 Å². The summed E-state index contributed by atoms with van der Waals surface area (Å²) in [7, 11) is -0.658. The summed E-state index contributed by atoms with van der Waals surface area (Å²) in [4.78, 5) is 24.3. The molecule has 0 spiro atoms. The zero-order valence-corrected chi connectivity index (χ0v) is 12.5. The van der Waals surface area contributed by atoms with Crippen molar-refractivity contribution in [3.63, 3.8) is 0 Å². The summed E-state index contributed by atoms with van der Waals surface area (Å²) < 4.78 is 24.9. The second-order valence-electron chi connectivity index (χ2n) is 5.06. The molecule has 1 fully saturated rings. The predicted octanol–water partition coefficient (Wildman–Crippen LogP) is 0.0935. The summed E-state index contributed by atoms with van der Waals surface area (Å²) in [5.41, 5.74) is 0.344. The molecule has 21 heavy (non-hydrogen) atoms. The van der Waals surface area contributed by atoms with Gasteiger partial charge in [-0.3, -0.25) is 9.59 Å². The van der Waals surface area contributed by atoms with Gasteiger partial charge in [-0.05, 0) is 24.3 Å². The molecular weight excluding hydrogens is 296 g/mol. The number of sulfonamides is 1. The third kappa shape index (κ3) is 2.91. The van der Waals surface area contributed by atoms with Crippen molar-refractivity contribution in [1.29, 1.82) is 0 Å². The molecule has 1 aliphatic rings. The maximum absolute atomic E-state index is 12.1. The van der Waals surface area contributed by atoms with Gasteiger partial charge in [-0.15, -0.1) is 0 Å². The summed E-state index contributed by atoms with van der Waals surface area (Å²) in [5, 5.41) is 8.77. The molecule has 8 heteroatoms. The van der Waals surface area contributed by atoms with Gasteiger partial charge in [0.25, 0.3) is 5.91 Å². The number of carboxylic acid groups (broad SMARTS) is 1. The fourth-order valence-electron chi connectivity index (χ4n) is 1.96. The molecule has 0 radical (unpaired) electrons. The van der Waals surface area contributed by atoms with Crippen molar-refractivity contribution in [2.75, 3.05) is 27.2 Å². The molecule has 0 aliphatic carbocycles. The van der Waals surface area contributed by atoms with E-state index in [2.05, 4.69) is 0 Å². The van der Waals surface area contributed by atoms with Gasteiger partial charge in [0, 0.05) is 32.7 Å². The van der Waals surface area contributed by atoms with E-state index in [1.54, 1.807) is 0 Å². The van der Waals surface area contributed by atoms with Crippen molar-refractivity contribution in [3.05, 3.63) is 29.8 Å². The first kappa shape index (κ1) is 15.5. The zero-order valence-electron chi connectivity index (χ0n) is 11.7. The van der Waals surface area contributed by atoms with Crippen molar-refractivity contribution >= 4 is 21.9 Å². The van der Waals surface area contributed by atoms with Crippen LogP contribution in [0.5, 0.6) is 0 Å². The van der Waals surface area contributed by atoms with E-state index in [1.807, 2.05) is 0 Å². The molecule has 114 valence electrons. The normalized spacial score (nSPS) is 15.9. The van der Waals surface area contributed by atoms with E-state index >= 15 is 0 Å². The Hall–Kier alpha value is -1.93. The molecule has 0 unspecified atom stereocenters. The first-order chi connectivity index (χ1) is 9.73. The minimum absolute atomic E-state index is 0.107. The molecule has 1 amide bonds. The fourth-order valence-corrected chi connectivity index (χ4v) is 2.87. The summed E-state index contributed by atoms with van der Waals surface area (Å²) in [6.45, 7) is 0.373. The van der Waals surface area contributed by atoms with E-state index in [9.17, 15) is 18.0 Å². The fraction of sp³-hybridized carbons (Fsp3) is 0.385. The molecule has 0 aromatic heterocycles. The Labute approximate surface area is 122 Å². The maximum Gasteiger partial charge on any atom is 0.310 e. The zero-order chi connectivity index (χ0) is 15.8. The van der Waals surface area contributed by atoms with E-state index in [-0.39, 0.29) is 23.9 Å². The SMILES string of the molecule is CN(C)S(=O)(=O)c1ccc(C(=O)N2CC(C(=O)O)C2)cc1. The third-order valence-electron chi connectivity index (χ3n) is 3.40. The Balaban J connectivity index is 2.10. The molecule has 1 heterocycles. The highest BCUT2D eigenvalue weighted by molar-refractivity contribution is 7.89. The van der Waals surface area contributed by atoms with Crippen LogP contribution in [0.1, 0.15) is 10.4 Å². The van der Waals surface area contributed by atoms with Crippen LogP contribution in [0.2, 0.25) is 0 Å². The van der Waals surface area contributed by atoms with Crippen molar-refractivity contribution in [1.82, 2.24) is 9.21 Å². The average molecular weight is 312 g/mol. The smallest absolute Gasteiger partial charge is 0.310 e. The quantitative estimate of drug-likeness (QED) is 0.850. The van der Waals surface area contributed by atoms with Gasteiger partial charge in [-0.25, -0.2) is 12.7 Å². The molecule has 1 aromatic rings. The van der Waals surface area contributed by atoms with Crippen LogP contribution in [0.4, 0.5) is 0 Å². The predicted molar refractivity (Wildman–Crippen MR) is 74.3 cm³/mol. The lowest BCUT2D eigenvalue weighted by Gasteiger charge is -2.36. The summed E-state index contributed by atoms with van der Waals surface area (Å²) in [6, 6.07) is 5.62. The van der Waals surface area contributed by atoms with Crippen molar-refractivity contribution in [2.24, 2.45) is 5.92 Å². The number of likely N-dealkylation sites (tertiary alicyclic amines) is 1. The number of carboxylic acids is 1. The van der Waals surface area contributed by atoms with Crippen LogP contribution < -0.4 is 0 Å². The monoisotopic (exact) mass is 312 g/mol. The molecule has 1 aromatic carbocycles. The van der Waals surface area contributed by atoms with Gasteiger partial charge in [0.2, 0.25) is 10.0 Å². The summed E-state index contributed by atoms with van der Waals surface area (Å²) in [5.74, 6) is -1.71. The molecule has 1 saturated heterocycles. The van der Waals surface area contributed by atoms with Crippen LogP contribution >= 0.6 is 0 Å². The van der Waals surface area contributed by atoms with Gasteiger partial charge in [0.05, 0.1) is 10.8 Å². The van der Waals surface area contributed by atoms with E-state index in [4.69, 9.17) is 5.11 Å². The number of hydrogen-bond acceptors (Lipinski definition) is 4. The van der Waals surface area contributed by atoms with E-state index in [1.165, 1.54) is 43.3 Å². The van der Waals surface area contributed by atoms with Gasteiger partial charge in [0.15, 0.2) is 0 Å². The van der Waals surface area contributed by atoms with Crippen LogP contribution in [0.3, 0.4) is 0 Å². The van der Waals surface area contributed by atoms with Crippen LogP contribution in [0, 0.1) is 5.92 Å². The lowest BCUT2D eigenvalue weighted by molar-refractivity contribution is -0.146. The number of carbonyl (C=O) groups excluding carboxylic acids is 1. The van der Waals surface area contributed by atoms with Gasteiger partial charge < -0.3 is 10.0 Å². The minimum atomic E-state index is -3.52. The van der Waals surface area contributed by atoms with Gasteiger partial charge in [-0.1, -0.05) is 0 Å². The standard InChI is InChI=1S/C13H16N2O5S/c1-14(2)21(19,20)11-5-3-9(4-6-11)12(16)15-7-10(8-15)13(17)18/h3-6,10H,7-8H2,1-2H3,(H,17,18). The summed E-state index contributed by atoms with van der Waals surface area (Å²) in [6.07, 6.45) is 0. The largest absolute Gasteiger partial charge is 0.481 e. The molecule has 2 rings (SSSR count). The van der Waals surface area contributed by atoms with Crippen LogP contribution in [0.25, 0.3) is 0 Å². The Bertz CT molecular complexity index is 660. The number of carbonyl (C=O) groups is 2. The van der Waals surface area contributed by atoms with Crippen molar-refractivity contribution < 1.29 is 23.1 Å². The van der Waals surface area contributed by atoms with Gasteiger partial charge in [-0.2, -0.15) is 0 Å². The highest BCUT2D eigenvalue weighted by atomic mass is 32.2. The Morgan fingerprint density at radius 3 is 2.14 bits per heavy atom. The second-order valence-corrected chi connectivity index (χ2v) is 7.21. The Morgan fingerprint density at radius 2 is 1.71 bits per heavy atom. The van der Waals surface area contributed by atoms with Gasteiger partial charge >= 0.3 is 5.97 Å². The Morgan fingerprint density at radius 1 is 1.19 bits per heavy atom. The number of amides is 1.